The Morgan fingerprint density at radius 2 is 2.00 bits per heavy atom. The van der Waals surface area contributed by atoms with Crippen LogP contribution in [0.25, 0.3) is 0 Å². The van der Waals surface area contributed by atoms with Crippen LogP contribution in [-0.4, -0.2) is 8.76 Å². The monoisotopic (exact) mass is 98.0 g/mol. The Kier molecular flexibility index (Phi) is 8.78. The van der Waals surface area contributed by atoms with E-state index in [1.807, 2.05) is 0 Å². The standard InChI is InChI=1S/C2H4O2S.Li/c1-2-5(3)4;/h2H,1H2,(H,3,4);/q;+1/p-1. The van der Waals surface area contributed by atoms with Gasteiger partial charge in [0.15, 0.2) is 0 Å². The second kappa shape index (κ2) is 5.45. The van der Waals surface area contributed by atoms with Gasteiger partial charge in [0.1, 0.15) is 0 Å². The minimum Gasteiger partial charge on any atom is -0.769 e. The first kappa shape index (κ1) is 9.67. The molecule has 0 radical (unpaired) electrons. The second-order valence-corrected chi connectivity index (χ2v) is 1.28. The normalized spacial score (nSPS) is 11.5. The van der Waals surface area contributed by atoms with E-state index < -0.39 is 11.1 Å². The third-order valence-corrected chi connectivity index (χ3v) is 0.408. The Bertz CT molecular complexity index is 62.6. The van der Waals surface area contributed by atoms with Crippen molar-refractivity contribution in [2.24, 2.45) is 0 Å². The summed E-state index contributed by atoms with van der Waals surface area (Å²) < 4.78 is 18.5. The maximum Gasteiger partial charge on any atom is 1.00 e. The van der Waals surface area contributed by atoms with Gasteiger partial charge in [0.25, 0.3) is 0 Å². The van der Waals surface area contributed by atoms with Crippen molar-refractivity contribution in [2.75, 3.05) is 0 Å². The van der Waals surface area contributed by atoms with E-state index in [2.05, 4.69) is 6.58 Å². The molecule has 0 aliphatic heterocycles. The fourth-order valence-corrected chi connectivity index (χ4v) is 0. The Morgan fingerprint density at radius 1 is 1.83 bits per heavy atom. The van der Waals surface area contributed by atoms with Crippen LogP contribution in [-0.2, 0) is 11.1 Å². The van der Waals surface area contributed by atoms with Gasteiger partial charge in [0.2, 0.25) is 0 Å². The molecule has 1 unspecified atom stereocenters. The van der Waals surface area contributed by atoms with Crippen molar-refractivity contribution in [3.8, 4) is 0 Å². The number of rotatable bonds is 1. The zero-order valence-corrected chi connectivity index (χ0v) is 4.33. The summed E-state index contributed by atoms with van der Waals surface area (Å²) in [5, 5.41) is 0.833. The third-order valence-electron chi connectivity index (χ3n) is 0.136. The topological polar surface area (TPSA) is 40.1 Å². The average Bonchev–Trinajstić information content (AvgIpc) is 1.38. The van der Waals surface area contributed by atoms with Crippen LogP contribution in [0.3, 0.4) is 0 Å². The van der Waals surface area contributed by atoms with E-state index in [0.29, 0.717) is 0 Å². The zero-order chi connectivity index (χ0) is 4.28. The molecule has 0 aliphatic carbocycles. The smallest absolute Gasteiger partial charge is 0.769 e. The van der Waals surface area contributed by atoms with Crippen molar-refractivity contribution in [1.82, 2.24) is 0 Å². The van der Waals surface area contributed by atoms with E-state index in [4.69, 9.17) is 0 Å². The van der Waals surface area contributed by atoms with Crippen molar-refractivity contribution >= 4 is 11.1 Å². The van der Waals surface area contributed by atoms with Gasteiger partial charge in [0.05, 0.1) is 0 Å². The fourth-order valence-electron chi connectivity index (χ4n) is 0. The van der Waals surface area contributed by atoms with Crippen LogP contribution in [0.5, 0.6) is 0 Å². The molecule has 0 aromatic carbocycles. The molecule has 0 rings (SSSR count). The molecule has 0 aromatic rings. The van der Waals surface area contributed by atoms with Crippen molar-refractivity contribution in [3.05, 3.63) is 12.0 Å². The third kappa shape index (κ3) is 8.82. The molecule has 0 N–H and O–H groups in total. The summed E-state index contributed by atoms with van der Waals surface area (Å²) in [5.74, 6) is 0. The molecule has 0 heterocycles. The van der Waals surface area contributed by atoms with Crippen LogP contribution < -0.4 is 18.9 Å². The van der Waals surface area contributed by atoms with E-state index >= 15 is 0 Å². The summed E-state index contributed by atoms with van der Waals surface area (Å²) in [4.78, 5) is 0. The van der Waals surface area contributed by atoms with Gasteiger partial charge in [-0.1, -0.05) is 6.58 Å². The SMILES string of the molecule is C=CS(=O)[O-].[Li+]. The average molecular weight is 98.1 g/mol. The largest absolute Gasteiger partial charge is 1.00 e. The minimum absolute atomic E-state index is 0. The minimum atomic E-state index is -2.06. The molecule has 0 saturated heterocycles. The van der Waals surface area contributed by atoms with Crippen molar-refractivity contribution in [2.45, 2.75) is 0 Å². The number of hydrogen-bond acceptors (Lipinski definition) is 2. The predicted octanol–water partition coefficient (Wildman–Crippen LogP) is -2.99. The van der Waals surface area contributed by atoms with Gasteiger partial charge in [-0.15, -0.1) is 0 Å². The first-order chi connectivity index (χ1) is 2.27. The summed E-state index contributed by atoms with van der Waals surface area (Å²) in [6.07, 6.45) is 0. The van der Waals surface area contributed by atoms with E-state index in [1.54, 1.807) is 0 Å². The molecular formula is C2H3LiO2S. The van der Waals surface area contributed by atoms with Gasteiger partial charge in [-0.05, 0) is 16.5 Å². The Morgan fingerprint density at radius 3 is 2.00 bits per heavy atom. The molecular weight excluding hydrogens is 95.0 g/mol. The summed E-state index contributed by atoms with van der Waals surface area (Å²) in [5.41, 5.74) is 0. The van der Waals surface area contributed by atoms with Crippen LogP contribution in [0.2, 0.25) is 0 Å². The van der Waals surface area contributed by atoms with Crippen molar-refractivity contribution < 1.29 is 27.6 Å². The summed E-state index contributed by atoms with van der Waals surface area (Å²) in [6.45, 7) is 2.95. The molecule has 1 atom stereocenters. The molecule has 0 amide bonds. The number of hydrogen-bond donors (Lipinski definition) is 0. The van der Waals surface area contributed by atoms with Gasteiger partial charge >= 0.3 is 18.9 Å². The second-order valence-electron chi connectivity index (χ2n) is 0.427. The van der Waals surface area contributed by atoms with Gasteiger partial charge in [-0.25, -0.2) is 0 Å². The maximum atomic E-state index is 9.25. The summed E-state index contributed by atoms with van der Waals surface area (Å²) in [6, 6.07) is 0. The summed E-state index contributed by atoms with van der Waals surface area (Å²) in [7, 11) is 0. The maximum absolute atomic E-state index is 9.25. The Balaban J connectivity index is 0. The van der Waals surface area contributed by atoms with Gasteiger partial charge < -0.3 is 4.55 Å². The molecule has 30 valence electrons. The van der Waals surface area contributed by atoms with E-state index in [1.165, 1.54) is 0 Å². The van der Waals surface area contributed by atoms with E-state index in [-0.39, 0.29) is 18.9 Å². The van der Waals surface area contributed by atoms with Crippen LogP contribution in [0.15, 0.2) is 12.0 Å². The van der Waals surface area contributed by atoms with Gasteiger partial charge in [-0.2, -0.15) is 0 Å². The van der Waals surface area contributed by atoms with Gasteiger partial charge in [0, 0.05) is 0 Å². The van der Waals surface area contributed by atoms with E-state index in [9.17, 15) is 8.76 Å². The molecule has 0 aliphatic rings. The van der Waals surface area contributed by atoms with Crippen LogP contribution in [0.4, 0.5) is 0 Å². The first-order valence-electron chi connectivity index (χ1n) is 0.977. The van der Waals surface area contributed by atoms with Gasteiger partial charge in [-0.3, -0.25) is 4.21 Å². The van der Waals surface area contributed by atoms with Crippen molar-refractivity contribution in [3.63, 3.8) is 0 Å². The molecule has 0 aromatic heterocycles. The summed E-state index contributed by atoms with van der Waals surface area (Å²) >= 11 is -2.06. The zero-order valence-electron chi connectivity index (χ0n) is 3.51. The van der Waals surface area contributed by atoms with E-state index in [0.717, 1.165) is 5.41 Å². The van der Waals surface area contributed by atoms with Crippen LogP contribution in [0.1, 0.15) is 0 Å². The molecule has 0 saturated carbocycles. The molecule has 6 heavy (non-hydrogen) atoms. The Labute approximate surface area is 51.1 Å². The predicted molar refractivity (Wildman–Crippen MR) is 19.1 cm³/mol. The first-order valence-corrected chi connectivity index (χ1v) is 2.12. The molecule has 0 fully saturated rings. The van der Waals surface area contributed by atoms with Crippen LogP contribution >= 0.6 is 0 Å². The van der Waals surface area contributed by atoms with Crippen LogP contribution in [0, 0.1) is 0 Å². The molecule has 2 nitrogen and oxygen atoms in total. The van der Waals surface area contributed by atoms with Crippen molar-refractivity contribution in [1.29, 1.82) is 0 Å². The molecule has 0 spiro atoms. The molecule has 0 bridgehead atoms. The quantitative estimate of drug-likeness (QED) is 0.259. The fraction of sp³-hybridized carbons (Fsp3) is 0. The Hall–Kier alpha value is 0.447. The molecule has 4 heteroatoms.